The van der Waals surface area contributed by atoms with Crippen LogP contribution < -0.4 is 5.32 Å². The van der Waals surface area contributed by atoms with Crippen molar-refractivity contribution in [2.75, 3.05) is 7.11 Å². The molecule has 0 radical (unpaired) electrons. The first-order chi connectivity index (χ1) is 17.7. The predicted octanol–water partition coefficient (Wildman–Crippen LogP) is 6.43. The summed E-state index contributed by atoms with van der Waals surface area (Å²) in [7, 11) is 1.35. The van der Waals surface area contributed by atoms with Gasteiger partial charge in [0.2, 0.25) is 5.91 Å². The molecule has 198 valence electrons. The van der Waals surface area contributed by atoms with Gasteiger partial charge < -0.3 is 15.0 Å². The number of amides is 1. The number of methoxy groups -OCH3 is 1. The third kappa shape index (κ3) is 7.91. The van der Waals surface area contributed by atoms with Crippen LogP contribution in [0.1, 0.15) is 63.3 Å². The van der Waals surface area contributed by atoms with Crippen LogP contribution in [-0.4, -0.2) is 34.9 Å². The summed E-state index contributed by atoms with van der Waals surface area (Å²) in [4.78, 5) is 32.3. The minimum absolute atomic E-state index is 0.00517. The van der Waals surface area contributed by atoms with Gasteiger partial charge in [-0.3, -0.25) is 14.6 Å². The molecule has 0 aliphatic carbocycles. The Balaban J connectivity index is 0.00000235. The Morgan fingerprint density at radius 2 is 1.78 bits per heavy atom. The number of aromatic nitrogens is 1. The number of carbonyl (C=O) groups excluding carboxylic acids is 2. The van der Waals surface area contributed by atoms with Crippen molar-refractivity contribution in [2.24, 2.45) is 5.92 Å². The largest absolute Gasteiger partial charge is 0.469 e. The molecule has 3 rings (SSSR count). The molecule has 1 aliphatic rings. The van der Waals surface area contributed by atoms with E-state index >= 15 is 0 Å². The van der Waals surface area contributed by atoms with E-state index in [1.165, 1.54) is 7.11 Å². The second-order valence-electron chi connectivity index (χ2n) is 9.36. The van der Waals surface area contributed by atoms with Gasteiger partial charge in [0.1, 0.15) is 6.04 Å². The number of pyridine rings is 1. The SMILES string of the molecule is C=C1C=CC=CN1C(CC(C)C)C(=O)NC(CC(=O)OC)c1cncc(-c2c(C)cccc2C)c1.CC. The molecule has 1 aliphatic heterocycles. The fourth-order valence-corrected chi connectivity index (χ4v) is 4.41. The number of aryl methyl sites for hydroxylation is 2. The molecular weight excluding hydrogens is 462 g/mol. The lowest BCUT2D eigenvalue weighted by molar-refractivity contribution is -0.141. The highest BCUT2D eigenvalue weighted by Gasteiger charge is 2.30. The Kier molecular flexibility index (Phi) is 11.3. The van der Waals surface area contributed by atoms with E-state index < -0.39 is 18.1 Å². The number of carbonyl (C=O) groups is 2. The lowest BCUT2D eigenvalue weighted by Crippen LogP contribution is -2.46. The molecule has 0 bridgehead atoms. The number of allylic oxidation sites excluding steroid dienone is 3. The van der Waals surface area contributed by atoms with Crippen molar-refractivity contribution in [3.05, 3.63) is 90.1 Å². The number of hydrogen-bond donors (Lipinski definition) is 1. The van der Waals surface area contributed by atoms with Crippen molar-refractivity contribution in [2.45, 2.75) is 66.5 Å². The van der Waals surface area contributed by atoms with Gasteiger partial charge in [-0.1, -0.05) is 58.5 Å². The first-order valence-corrected chi connectivity index (χ1v) is 12.9. The summed E-state index contributed by atoms with van der Waals surface area (Å²) >= 11 is 0. The van der Waals surface area contributed by atoms with E-state index in [-0.39, 0.29) is 18.2 Å². The summed E-state index contributed by atoms with van der Waals surface area (Å²) in [6, 6.07) is 7.10. The van der Waals surface area contributed by atoms with Crippen molar-refractivity contribution < 1.29 is 14.3 Å². The monoisotopic (exact) mass is 503 g/mol. The summed E-state index contributed by atoms with van der Waals surface area (Å²) < 4.78 is 4.94. The predicted molar refractivity (Wildman–Crippen MR) is 151 cm³/mol. The van der Waals surface area contributed by atoms with Gasteiger partial charge in [-0.2, -0.15) is 0 Å². The smallest absolute Gasteiger partial charge is 0.307 e. The number of nitrogens with one attached hydrogen (secondary N) is 1. The van der Waals surface area contributed by atoms with Gasteiger partial charge >= 0.3 is 5.97 Å². The molecule has 2 atom stereocenters. The van der Waals surface area contributed by atoms with Gasteiger partial charge in [-0.25, -0.2) is 0 Å². The van der Waals surface area contributed by atoms with Crippen LogP contribution in [0.5, 0.6) is 0 Å². The zero-order valence-corrected chi connectivity index (χ0v) is 23.2. The Morgan fingerprint density at radius 3 is 2.38 bits per heavy atom. The summed E-state index contributed by atoms with van der Waals surface area (Å²) in [6.07, 6.45) is 11.7. The Labute approximate surface area is 222 Å². The van der Waals surface area contributed by atoms with E-state index in [0.29, 0.717) is 6.42 Å². The van der Waals surface area contributed by atoms with Crippen molar-refractivity contribution >= 4 is 11.9 Å². The van der Waals surface area contributed by atoms with Crippen LogP contribution in [0.25, 0.3) is 11.1 Å². The zero-order chi connectivity index (χ0) is 27.5. The average Bonchev–Trinajstić information content (AvgIpc) is 2.88. The Morgan fingerprint density at radius 1 is 1.11 bits per heavy atom. The van der Waals surface area contributed by atoms with Gasteiger partial charge in [-0.05, 0) is 66.7 Å². The van der Waals surface area contributed by atoms with Gasteiger partial charge in [-0.15, -0.1) is 0 Å². The molecule has 0 saturated heterocycles. The molecule has 6 heteroatoms. The molecule has 1 N–H and O–H groups in total. The van der Waals surface area contributed by atoms with Crippen LogP contribution in [0.15, 0.2) is 73.4 Å². The number of nitrogens with zero attached hydrogens (tertiary/aromatic N) is 2. The van der Waals surface area contributed by atoms with Crippen molar-refractivity contribution in [1.29, 1.82) is 0 Å². The number of rotatable bonds is 9. The summed E-state index contributed by atoms with van der Waals surface area (Å²) in [5.41, 5.74) is 5.81. The molecule has 1 aromatic heterocycles. The lowest BCUT2D eigenvalue weighted by Gasteiger charge is -2.33. The molecule has 0 spiro atoms. The molecule has 2 unspecified atom stereocenters. The average molecular weight is 504 g/mol. The molecule has 0 fully saturated rings. The highest BCUT2D eigenvalue weighted by atomic mass is 16.5. The topological polar surface area (TPSA) is 71.5 Å². The zero-order valence-electron chi connectivity index (χ0n) is 23.2. The fraction of sp³-hybridized carbons (Fsp3) is 0.387. The molecule has 1 aromatic carbocycles. The molecular formula is C31H41N3O3. The summed E-state index contributed by atoms with van der Waals surface area (Å²) in [5.74, 6) is -0.296. The number of esters is 1. The Hall–Kier alpha value is -3.67. The molecule has 1 amide bonds. The molecule has 0 saturated carbocycles. The number of benzene rings is 1. The second-order valence-corrected chi connectivity index (χ2v) is 9.36. The van der Waals surface area contributed by atoms with E-state index in [1.807, 2.05) is 61.5 Å². The number of hydrogen-bond acceptors (Lipinski definition) is 5. The lowest BCUT2D eigenvalue weighted by atomic mass is 9.94. The maximum atomic E-state index is 13.6. The molecule has 2 heterocycles. The molecule has 6 nitrogen and oxygen atoms in total. The maximum absolute atomic E-state index is 13.6. The van der Waals surface area contributed by atoms with E-state index in [4.69, 9.17) is 4.74 Å². The first kappa shape index (κ1) is 29.6. The van der Waals surface area contributed by atoms with E-state index in [9.17, 15) is 9.59 Å². The normalized spacial score (nSPS) is 14.1. The third-order valence-electron chi connectivity index (χ3n) is 6.16. The van der Waals surface area contributed by atoms with Gasteiger partial charge in [0.05, 0.1) is 19.6 Å². The van der Waals surface area contributed by atoms with Crippen LogP contribution >= 0.6 is 0 Å². The highest BCUT2D eigenvalue weighted by molar-refractivity contribution is 5.84. The summed E-state index contributed by atoms with van der Waals surface area (Å²) in [5, 5.41) is 3.11. The third-order valence-corrected chi connectivity index (χ3v) is 6.16. The quantitative estimate of drug-likeness (QED) is 0.400. The molecule has 37 heavy (non-hydrogen) atoms. The van der Waals surface area contributed by atoms with Crippen molar-refractivity contribution in [3.63, 3.8) is 0 Å². The fourth-order valence-electron chi connectivity index (χ4n) is 4.41. The minimum Gasteiger partial charge on any atom is -0.469 e. The van der Waals surface area contributed by atoms with Crippen LogP contribution in [0, 0.1) is 19.8 Å². The van der Waals surface area contributed by atoms with Crippen LogP contribution in [0.2, 0.25) is 0 Å². The second kappa shape index (κ2) is 14.2. The standard InChI is InChI=1S/C29H35N3O3.C2H6/c1-19(2)14-26(32-13-8-7-12-22(32)5)29(34)31-25(16-27(33)35-6)23-15-24(18-30-17-23)28-20(3)10-9-11-21(28)4;1-2/h7-13,15,17-19,25-26H,5,14,16H2,1-4,6H3,(H,31,34);1-2H3. The van der Waals surface area contributed by atoms with E-state index in [1.54, 1.807) is 6.20 Å². The van der Waals surface area contributed by atoms with Gasteiger partial charge in [0.15, 0.2) is 0 Å². The van der Waals surface area contributed by atoms with E-state index in [0.717, 1.165) is 33.5 Å². The Bertz CT molecular complexity index is 1130. The highest BCUT2D eigenvalue weighted by Crippen LogP contribution is 2.30. The van der Waals surface area contributed by atoms with Gasteiger partial charge in [0.25, 0.3) is 0 Å². The molecule has 2 aromatic rings. The first-order valence-electron chi connectivity index (χ1n) is 12.9. The number of ether oxygens (including phenoxy) is 1. The van der Waals surface area contributed by atoms with E-state index in [2.05, 4.69) is 56.7 Å². The summed E-state index contributed by atoms with van der Waals surface area (Å²) in [6.45, 7) is 16.4. The van der Waals surface area contributed by atoms with Gasteiger partial charge in [0, 0.05) is 29.9 Å². The minimum atomic E-state index is -0.584. The van der Waals surface area contributed by atoms with Crippen LogP contribution in [0.3, 0.4) is 0 Å². The van der Waals surface area contributed by atoms with Crippen LogP contribution in [0.4, 0.5) is 0 Å². The maximum Gasteiger partial charge on any atom is 0.307 e. The van der Waals surface area contributed by atoms with Crippen molar-refractivity contribution in [1.82, 2.24) is 15.2 Å². The van der Waals surface area contributed by atoms with Crippen LogP contribution in [-0.2, 0) is 14.3 Å². The van der Waals surface area contributed by atoms with Crippen molar-refractivity contribution in [3.8, 4) is 11.1 Å².